The Bertz CT molecular complexity index is 842. The molecule has 6 heteroatoms. The molecule has 0 spiro atoms. The Hall–Kier alpha value is -2.89. The summed E-state index contributed by atoms with van der Waals surface area (Å²) in [5.74, 6) is 1.67. The number of furan rings is 1. The highest BCUT2D eigenvalue weighted by atomic mass is 16.6. The second kappa shape index (κ2) is 5.48. The van der Waals surface area contributed by atoms with Gasteiger partial charge in [-0.3, -0.25) is 15.1 Å². The second-order valence-corrected chi connectivity index (χ2v) is 5.13. The van der Waals surface area contributed by atoms with Crippen LogP contribution >= 0.6 is 0 Å². The molecule has 0 amide bonds. The monoisotopic (exact) mass is 297 g/mol. The number of pyridine rings is 1. The van der Waals surface area contributed by atoms with Crippen molar-refractivity contribution in [3.63, 3.8) is 0 Å². The van der Waals surface area contributed by atoms with Crippen LogP contribution in [0.4, 0.5) is 11.4 Å². The predicted octanol–water partition coefficient (Wildman–Crippen LogP) is 4.22. The van der Waals surface area contributed by atoms with Crippen molar-refractivity contribution in [1.29, 1.82) is 0 Å². The Morgan fingerprint density at radius 2 is 2.05 bits per heavy atom. The summed E-state index contributed by atoms with van der Waals surface area (Å²) in [6.45, 7) is 3.87. The largest absolute Gasteiger partial charge is 0.464 e. The Kier molecular flexibility index (Phi) is 3.50. The summed E-state index contributed by atoms with van der Waals surface area (Å²) in [6, 6.07) is 8.75. The number of aromatic nitrogens is 1. The molecule has 6 nitrogen and oxygen atoms in total. The van der Waals surface area contributed by atoms with E-state index < -0.39 is 4.92 Å². The van der Waals surface area contributed by atoms with Crippen molar-refractivity contribution < 1.29 is 9.34 Å². The zero-order chi connectivity index (χ0) is 15.7. The molecule has 2 heterocycles. The first-order valence-corrected chi connectivity index (χ1v) is 6.90. The number of non-ortho nitro benzene ring substituents is 1. The van der Waals surface area contributed by atoms with Crippen LogP contribution in [0.25, 0.3) is 10.8 Å². The van der Waals surface area contributed by atoms with Crippen LogP contribution in [0, 0.1) is 17.0 Å². The van der Waals surface area contributed by atoms with Gasteiger partial charge < -0.3 is 9.73 Å². The number of benzene rings is 1. The Morgan fingerprint density at radius 1 is 1.23 bits per heavy atom. The number of nitrogens with zero attached hydrogens (tertiary/aromatic N) is 2. The minimum atomic E-state index is -0.396. The van der Waals surface area contributed by atoms with E-state index in [9.17, 15) is 10.1 Å². The number of anilines is 1. The summed E-state index contributed by atoms with van der Waals surface area (Å²) >= 11 is 0. The van der Waals surface area contributed by atoms with Gasteiger partial charge in [0.05, 0.1) is 16.4 Å². The fraction of sp³-hybridized carbons (Fsp3) is 0.188. The van der Waals surface area contributed by atoms with E-state index in [0.717, 1.165) is 22.6 Å². The van der Waals surface area contributed by atoms with E-state index >= 15 is 0 Å². The van der Waals surface area contributed by atoms with Crippen molar-refractivity contribution in [3.8, 4) is 0 Å². The van der Waals surface area contributed by atoms with Crippen molar-refractivity contribution in [3.05, 3.63) is 64.4 Å². The van der Waals surface area contributed by atoms with Crippen LogP contribution in [-0.4, -0.2) is 9.91 Å². The fourth-order valence-corrected chi connectivity index (χ4v) is 2.45. The highest BCUT2D eigenvalue weighted by molar-refractivity contribution is 5.99. The number of nitro benzene ring substituents is 1. The summed E-state index contributed by atoms with van der Waals surface area (Å²) in [6.07, 6.45) is 3.14. The van der Waals surface area contributed by atoms with Crippen molar-refractivity contribution >= 4 is 22.1 Å². The maximum absolute atomic E-state index is 11.1. The third-order valence-electron chi connectivity index (χ3n) is 3.55. The van der Waals surface area contributed by atoms with Crippen LogP contribution < -0.4 is 5.32 Å². The zero-order valence-corrected chi connectivity index (χ0v) is 12.2. The van der Waals surface area contributed by atoms with Crippen molar-refractivity contribution in [2.45, 2.75) is 19.9 Å². The van der Waals surface area contributed by atoms with Crippen LogP contribution in [0.15, 0.2) is 47.1 Å². The van der Waals surface area contributed by atoms with Gasteiger partial charge in [0, 0.05) is 29.5 Å². The number of rotatable bonds is 4. The predicted molar refractivity (Wildman–Crippen MR) is 83.9 cm³/mol. The number of aryl methyl sites for hydroxylation is 1. The van der Waals surface area contributed by atoms with E-state index in [-0.39, 0.29) is 11.7 Å². The molecule has 0 radical (unpaired) electrons. The molecule has 0 aliphatic rings. The van der Waals surface area contributed by atoms with E-state index in [2.05, 4.69) is 10.3 Å². The molecular formula is C16H15N3O3. The van der Waals surface area contributed by atoms with E-state index in [1.807, 2.05) is 26.0 Å². The lowest BCUT2D eigenvalue weighted by Crippen LogP contribution is -2.06. The van der Waals surface area contributed by atoms with Gasteiger partial charge in [0.1, 0.15) is 11.5 Å². The van der Waals surface area contributed by atoms with Gasteiger partial charge >= 0.3 is 0 Å². The molecular weight excluding hydrogens is 282 g/mol. The maximum Gasteiger partial charge on any atom is 0.278 e. The number of nitrogens with one attached hydrogen (secondary N) is 1. The Balaban J connectivity index is 2.01. The van der Waals surface area contributed by atoms with Gasteiger partial charge in [-0.1, -0.05) is 0 Å². The number of nitro groups is 1. The van der Waals surface area contributed by atoms with E-state index in [0.29, 0.717) is 5.39 Å². The average molecular weight is 297 g/mol. The molecule has 0 aliphatic carbocycles. The highest BCUT2D eigenvalue weighted by Gasteiger charge is 2.16. The number of fused-ring (bicyclic) bond motifs is 1. The molecule has 0 fully saturated rings. The van der Waals surface area contributed by atoms with Gasteiger partial charge in [0.25, 0.3) is 5.69 Å². The molecule has 0 saturated heterocycles. The lowest BCUT2D eigenvalue weighted by Gasteiger charge is -2.15. The summed E-state index contributed by atoms with van der Waals surface area (Å²) in [4.78, 5) is 14.7. The standard InChI is InChI=1S/C16H15N3O3/c1-10-3-6-16(22-10)11(2)18-14-4-5-15(19(20)21)13-9-17-8-7-12(13)14/h3-9,11,18H,1-2H3. The first-order valence-electron chi connectivity index (χ1n) is 6.90. The summed E-state index contributed by atoms with van der Waals surface area (Å²) in [7, 11) is 0. The van der Waals surface area contributed by atoms with Gasteiger partial charge in [-0.05, 0) is 38.1 Å². The lowest BCUT2D eigenvalue weighted by molar-refractivity contribution is -0.383. The fourth-order valence-electron chi connectivity index (χ4n) is 2.45. The molecule has 0 aliphatic heterocycles. The third-order valence-corrected chi connectivity index (χ3v) is 3.55. The van der Waals surface area contributed by atoms with Crippen LogP contribution in [0.5, 0.6) is 0 Å². The molecule has 0 saturated carbocycles. The van der Waals surface area contributed by atoms with Gasteiger partial charge in [-0.25, -0.2) is 0 Å². The van der Waals surface area contributed by atoms with Crippen LogP contribution in [-0.2, 0) is 0 Å². The quantitative estimate of drug-likeness (QED) is 0.576. The smallest absolute Gasteiger partial charge is 0.278 e. The van der Waals surface area contributed by atoms with E-state index in [1.165, 1.54) is 12.3 Å². The molecule has 3 rings (SSSR count). The number of hydrogen-bond acceptors (Lipinski definition) is 5. The van der Waals surface area contributed by atoms with Crippen LogP contribution in [0.3, 0.4) is 0 Å². The van der Waals surface area contributed by atoms with Crippen molar-refractivity contribution in [1.82, 2.24) is 4.98 Å². The first-order chi connectivity index (χ1) is 10.6. The highest BCUT2D eigenvalue weighted by Crippen LogP contribution is 2.32. The SMILES string of the molecule is Cc1ccc(C(C)Nc2ccc([N+](=O)[O-])c3cnccc23)o1. The van der Waals surface area contributed by atoms with Crippen LogP contribution in [0.2, 0.25) is 0 Å². The first kappa shape index (κ1) is 14.1. The second-order valence-electron chi connectivity index (χ2n) is 5.13. The zero-order valence-electron chi connectivity index (χ0n) is 12.2. The summed E-state index contributed by atoms with van der Waals surface area (Å²) in [5.41, 5.74) is 0.861. The summed E-state index contributed by atoms with van der Waals surface area (Å²) in [5, 5.41) is 15.7. The maximum atomic E-state index is 11.1. The average Bonchev–Trinajstić information content (AvgIpc) is 2.94. The molecule has 1 atom stereocenters. The molecule has 1 unspecified atom stereocenters. The Morgan fingerprint density at radius 3 is 2.73 bits per heavy atom. The molecule has 0 bridgehead atoms. The molecule has 3 aromatic rings. The summed E-state index contributed by atoms with van der Waals surface area (Å²) < 4.78 is 5.61. The Labute approximate surface area is 126 Å². The number of hydrogen-bond donors (Lipinski definition) is 1. The topological polar surface area (TPSA) is 81.2 Å². The van der Waals surface area contributed by atoms with Crippen LogP contribution in [0.1, 0.15) is 24.5 Å². The van der Waals surface area contributed by atoms with E-state index in [4.69, 9.17) is 4.42 Å². The molecule has 1 N–H and O–H groups in total. The third kappa shape index (κ3) is 2.50. The molecule has 22 heavy (non-hydrogen) atoms. The van der Waals surface area contributed by atoms with E-state index in [1.54, 1.807) is 18.3 Å². The molecule has 2 aromatic heterocycles. The van der Waals surface area contributed by atoms with Gasteiger partial charge in [0.2, 0.25) is 0 Å². The van der Waals surface area contributed by atoms with Crippen molar-refractivity contribution in [2.75, 3.05) is 5.32 Å². The van der Waals surface area contributed by atoms with Gasteiger partial charge in [-0.15, -0.1) is 0 Å². The molecule has 112 valence electrons. The van der Waals surface area contributed by atoms with Crippen molar-refractivity contribution in [2.24, 2.45) is 0 Å². The normalized spacial score (nSPS) is 12.3. The minimum absolute atomic E-state index is 0.0495. The minimum Gasteiger partial charge on any atom is -0.464 e. The molecule has 1 aromatic carbocycles. The van der Waals surface area contributed by atoms with Gasteiger partial charge in [-0.2, -0.15) is 0 Å². The van der Waals surface area contributed by atoms with Gasteiger partial charge in [0.15, 0.2) is 0 Å². The lowest BCUT2D eigenvalue weighted by atomic mass is 10.1.